The molecular formula is C18H21N5O3. The average Bonchev–Trinajstić information content (AvgIpc) is 3.23. The van der Waals surface area contributed by atoms with E-state index in [1.165, 1.54) is 4.68 Å². The predicted molar refractivity (Wildman–Crippen MR) is 97.3 cm³/mol. The van der Waals surface area contributed by atoms with E-state index in [4.69, 9.17) is 4.42 Å². The molecule has 0 radical (unpaired) electrons. The quantitative estimate of drug-likeness (QED) is 0.732. The number of hydrogen-bond donors (Lipinski definition) is 2. The van der Waals surface area contributed by atoms with Gasteiger partial charge in [-0.2, -0.15) is 9.78 Å². The Morgan fingerprint density at radius 1 is 1.42 bits per heavy atom. The molecule has 0 fully saturated rings. The lowest BCUT2D eigenvalue weighted by Crippen LogP contribution is -2.23. The van der Waals surface area contributed by atoms with E-state index in [0.29, 0.717) is 35.0 Å². The van der Waals surface area contributed by atoms with Crippen molar-refractivity contribution in [2.75, 3.05) is 5.32 Å². The van der Waals surface area contributed by atoms with E-state index in [9.17, 15) is 9.59 Å². The van der Waals surface area contributed by atoms with E-state index in [-0.39, 0.29) is 23.3 Å². The van der Waals surface area contributed by atoms with Crippen LogP contribution in [0.15, 0.2) is 33.7 Å². The maximum absolute atomic E-state index is 12.3. The highest BCUT2D eigenvalue weighted by Gasteiger charge is 2.18. The zero-order valence-electron chi connectivity index (χ0n) is 15.2. The number of H-pyrrole nitrogens is 1. The number of hydrogen-bond acceptors (Lipinski definition) is 5. The van der Waals surface area contributed by atoms with E-state index in [1.54, 1.807) is 45.2 Å². The molecule has 0 aliphatic rings. The molecule has 2 N–H and O–H groups in total. The second-order valence-electron chi connectivity index (χ2n) is 6.25. The molecule has 0 spiro atoms. The number of amides is 1. The molecule has 26 heavy (non-hydrogen) atoms. The van der Waals surface area contributed by atoms with Gasteiger partial charge in [-0.15, -0.1) is 0 Å². The minimum atomic E-state index is -0.216. The topological polar surface area (TPSA) is 106 Å². The minimum Gasteiger partial charge on any atom is -0.463 e. The molecule has 3 heterocycles. The Morgan fingerprint density at radius 2 is 2.19 bits per heavy atom. The standard InChI is InChI=1S/C18H21N5O3/c1-5-12-11(4)19-18(21-17(12)25)23-15(20-16(24)10(2)3)9-13(22-23)14-7-6-8-26-14/h6-10H,5H2,1-4H3,(H,20,24)(H,19,21,25). The Balaban J connectivity index is 2.13. The summed E-state index contributed by atoms with van der Waals surface area (Å²) in [5.74, 6) is 0.819. The Bertz CT molecular complexity index is 983. The summed E-state index contributed by atoms with van der Waals surface area (Å²) < 4.78 is 6.79. The zero-order chi connectivity index (χ0) is 18.8. The first kappa shape index (κ1) is 17.7. The van der Waals surface area contributed by atoms with Gasteiger partial charge in [0.25, 0.3) is 5.56 Å². The zero-order valence-corrected chi connectivity index (χ0v) is 15.2. The second-order valence-corrected chi connectivity index (χ2v) is 6.25. The van der Waals surface area contributed by atoms with Gasteiger partial charge in [-0.1, -0.05) is 20.8 Å². The third-order valence-electron chi connectivity index (χ3n) is 4.02. The van der Waals surface area contributed by atoms with Crippen LogP contribution in [-0.2, 0) is 11.2 Å². The van der Waals surface area contributed by atoms with Crippen LogP contribution in [0, 0.1) is 12.8 Å². The molecule has 8 heteroatoms. The summed E-state index contributed by atoms with van der Waals surface area (Å²) in [6.45, 7) is 7.27. The van der Waals surface area contributed by atoms with E-state index in [1.807, 2.05) is 6.92 Å². The molecule has 0 saturated carbocycles. The lowest BCUT2D eigenvalue weighted by atomic mass is 10.2. The first-order chi connectivity index (χ1) is 12.4. The smallest absolute Gasteiger partial charge is 0.255 e. The number of carbonyl (C=O) groups excluding carboxylic acids is 1. The molecule has 3 rings (SSSR count). The minimum absolute atomic E-state index is 0.165. The van der Waals surface area contributed by atoms with Crippen LogP contribution in [-0.4, -0.2) is 25.7 Å². The third-order valence-corrected chi connectivity index (χ3v) is 4.02. The van der Waals surface area contributed by atoms with Gasteiger partial charge in [0.15, 0.2) is 5.76 Å². The highest BCUT2D eigenvalue weighted by molar-refractivity contribution is 5.92. The molecular weight excluding hydrogens is 334 g/mol. The van der Waals surface area contributed by atoms with Crippen LogP contribution >= 0.6 is 0 Å². The molecule has 8 nitrogen and oxygen atoms in total. The number of furan rings is 1. The van der Waals surface area contributed by atoms with Crippen molar-refractivity contribution in [1.29, 1.82) is 0 Å². The molecule has 0 aromatic carbocycles. The Hall–Kier alpha value is -3.16. The van der Waals surface area contributed by atoms with Gasteiger partial charge in [-0.05, 0) is 25.5 Å². The van der Waals surface area contributed by atoms with Gasteiger partial charge in [0.1, 0.15) is 11.5 Å². The Kier molecular flexibility index (Phi) is 4.75. The summed E-state index contributed by atoms with van der Waals surface area (Å²) in [6, 6.07) is 5.20. The lowest BCUT2D eigenvalue weighted by Gasteiger charge is -2.11. The van der Waals surface area contributed by atoms with E-state index >= 15 is 0 Å². The van der Waals surface area contributed by atoms with E-state index < -0.39 is 0 Å². The summed E-state index contributed by atoms with van der Waals surface area (Å²) in [7, 11) is 0. The van der Waals surface area contributed by atoms with Crippen LogP contribution in [0.5, 0.6) is 0 Å². The van der Waals surface area contributed by atoms with Gasteiger partial charge in [-0.25, -0.2) is 4.98 Å². The van der Waals surface area contributed by atoms with Gasteiger partial charge in [0.2, 0.25) is 11.9 Å². The van der Waals surface area contributed by atoms with Crippen molar-refractivity contribution in [1.82, 2.24) is 19.7 Å². The van der Waals surface area contributed by atoms with Crippen molar-refractivity contribution in [3.05, 3.63) is 46.1 Å². The maximum atomic E-state index is 12.3. The molecule has 0 unspecified atom stereocenters. The molecule has 0 aliphatic heterocycles. The molecule has 1 amide bonds. The summed E-state index contributed by atoms with van der Waals surface area (Å²) in [5.41, 5.74) is 1.56. The maximum Gasteiger partial charge on any atom is 0.255 e. The summed E-state index contributed by atoms with van der Waals surface area (Å²) in [5, 5.41) is 7.26. The first-order valence-corrected chi connectivity index (χ1v) is 8.45. The van der Waals surface area contributed by atoms with Crippen LogP contribution in [0.1, 0.15) is 32.0 Å². The fourth-order valence-corrected chi connectivity index (χ4v) is 2.56. The Labute approximate surface area is 150 Å². The molecule has 0 aliphatic carbocycles. The number of aromatic amines is 1. The van der Waals surface area contributed by atoms with E-state index in [0.717, 1.165) is 0 Å². The monoisotopic (exact) mass is 355 g/mol. The summed E-state index contributed by atoms with van der Waals surface area (Å²) >= 11 is 0. The van der Waals surface area contributed by atoms with Gasteiger partial charge >= 0.3 is 0 Å². The van der Waals surface area contributed by atoms with E-state index in [2.05, 4.69) is 20.4 Å². The number of nitrogens with zero attached hydrogens (tertiary/aromatic N) is 3. The number of nitrogens with one attached hydrogen (secondary N) is 2. The van der Waals surface area contributed by atoms with Crippen LogP contribution in [0.4, 0.5) is 5.82 Å². The molecule has 0 saturated heterocycles. The van der Waals surface area contributed by atoms with Gasteiger partial charge < -0.3 is 9.73 Å². The normalized spacial score (nSPS) is 11.1. The van der Waals surface area contributed by atoms with Gasteiger partial charge in [0, 0.05) is 23.2 Å². The second kappa shape index (κ2) is 6.99. The average molecular weight is 355 g/mol. The Morgan fingerprint density at radius 3 is 2.77 bits per heavy atom. The van der Waals surface area contributed by atoms with Crippen LogP contribution in [0.2, 0.25) is 0 Å². The van der Waals surface area contributed by atoms with Gasteiger partial charge in [-0.3, -0.25) is 14.6 Å². The molecule has 136 valence electrons. The van der Waals surface area contributed by atoms with Crippen molar-refractivity contribution < 1.29 is 9.21 Å². The lowest BCUT2D eigenvalue weighted by molar-refractivity contribution is -0.118. The van der Waals surface area contributed by atoms with Crippen LogP contribution < -0.4 is 10.9 Å². The van der Waals surface area contributed by atoms with Crippen LogP contribution in [0.3, 0.4) is 0 Å². The number of carbonyl (C=O) groups is 1. The van der Waals surface area contributed by atoms with Crippen molar-refractivity contribution >= 4 is 11.7 Å². The number of anilines is 1. The van der Waals surface area contributed by atoms with Crippen molar-refractivity contribution in [2.24, 2.45) is 5.92 Å². The predicted octanol–water partition coefficient (Wildman–Crippen LogP) is 2.68. The molecule has 3 aromatic rings. The molecule has 3 aromatic heterocycles. The summed E-state index contributed by atoms with van der Waals surface area (Å²) in [6.07, 6.45) is 2.13. The fourth-order valence-electron chi connectivity index (χ4n) is 2.56. The van der Waals surface area contributed by atoms with Crippen molar-refractivity contribution in [3.63, 3.8) is 0 Å². The SMILES string of the molecule is CCc1c(C)nc(-n2nc(-c3ccco3)cc2NC(=O)C(C)C)[nH]c1=O. The number of aromatic nitrogens is 4. The molecule has 0 atom stereocenters. The summed E-state index contributed by atoms with van der Waals surface area (Å²) in [4.78, 5) is 31.6. The first-order valence-electron chi connectivity index (χ1n) is 8.45. The highest BCUT2D eigenvalue weighted by Crippen LogP contribution is 2.24. The number of rotatable bonds is 5. The van der Waals surface area contributed by atoms with Crippen LogP contribution in [0.25, 0.3) is 17.4 Å². The third kappa shape index (κ3) is 3.30. The largest absolute Gasteiger partial charge is 0.463 e. The van der Waals surface area contributed by atoms with Crippen molar-refractivity contribution in [3.8, 4) is 17.4 Å². The molecule has 0 bridgehead atoms. The number of aryl methyl sites for hydroxylation is 1. The van der Waals surface area contributed by atoms with Crippen molar-refractivity contribution in [2.45, 2.75) is 34.1 Å². The highest BCUT2D eigenvalue weighted by atomic mass is 16.3. The van der Waals surface area contributed by atoms with Gasteiger partial charge in [0.05, 0.1) is 6.26 Å². The fraction of sp³-hybridized carbons (Fsp3) is 0.333.